The Kier molecular flexibility index (Phi) is 7.01. The third-order valence-corrected chi connectivity index (χ3v) is 4.28. The maximum Gasteiger partial charge on any atom is 0.253 e. The number of amides is 1. The molecule has 8 heteroatoms. The number of halogens is 3. The van der Waals surface area contributed by atoms with Crippen molar-refractivity contribution in [1.29, 1.82) is 0 Å². The van der Waals surface area contributed by atoms with Crippen LogP contribution >= 0.6 is 39.1 Å². The number of benzene rings is 1. The van der Waals surface area contributed by atoms with Crippen LogP contribution in [-0.2, 0) is 4.79 Å². The number of aliphatic hydroxyl groups excluding tert-OH is 2. The van der Waals surface area contributed by atoms with E-state index in [4.69, 9.17) is 23.2 Å². The first-order valence-electron chi connectivity index (χ1n) is 7.01. The van der Waals surface area contributed by atoms with Crippen LogP contribution in [0.15, 0.2) is 47.2 Å². The normalized spacial score (nSPS) is 13.6. The van der Waals surface area contributed by atoms with Crippen LogP contribution in [0.1, 0.15) is 11.7 Å². The number of hydrogen-bond acceptors (Lipinski definition) is 4. The zero-order valence-corrected chi connectivity index (χ0v) is 15.5. The smallest absolute Gasteiger partial charge is 0.253 e. The molecule has 0 saturated carbocycles. The predicted octanol–water partition coefficient (Wildman–Crippen LogP) is 2.83. The molecule has 2 aromatic rings. The van der Waals surface area contributed by atoms with E-state index in [1.807, 2.05) is 24.3 Å². The predicted molar refractivity (Wildman–Crippen MR) is 96.8 cm³/mol. The standard InChI is InChI=1S/C16H15BrCl2N2O3/c17-13-6-5-11(7-20-13)9-1-3-10(4-2-9)14(23)12(8-22)21-16(24)15(18)19/h1-7,12,14-15,22-23H,8H2,(H,21,24)/t12-,14-/m1/s1. The minimum Gasteiger partial charge on any atom is -0.394 e. The van der Waals surface area contributed by atoms with Gasteiger partial charge in [0.05, 0.1) is 12.6 Å². The zero-order chi connectivity index (χ0) is 17.7. The molecule has 0 spiro atoms. The lowest BCUT2D eigenvalue weighted by Gasteiger charge is -2.23. The lowest BCUT2D eigenvalue weighted by atomic mass is 9.99. The number of nitrogens with one attached hydrogen (secondary N) is 1. The molecule has 0 aliphatic carbocycles. The van der Waals surface area contributed by atoms with E-state index >= 15 is 0 Å². The van der Waals surface area contributed by atoms with E-state index in [1.165, 1.54) is 0 Å². The molecule has 0 aliphatic rings. The molecule has 2 atom stereocenters. The van der Waals surface area contributed by atoms with Gasteiger partial charge >= 0.3 is 0 Å². The van der Waals surface area contributed by atoms with Crippen molar-refractivity contribution >= 4 is 45.0 Å². The maximum atomic E-state index is 11.5. The van der Waals surface area contributed by atoms with E-state index in [0.717, 1.165) is 15.7 Å². The van der Waals surface area contributed by atoms with Gasteiger partial charge in [-0.25, -0.2) is 4.98 Å². The Balaban J connectivity index is 2.13. The number of aromatic nitrogens is 1. The molecule has 5 nitrogen and oxygen atoms in total. The van der Waals surface area contributed by atoms with Crippen molar-refractivity contribution in [2.45, 2.75) is 17.0 Å². The number of carbonyl (C=O) groups is 1. The number of nitrogens with zero attached hydrogens (tertiary/aromatic N) is 1. The van der Waals surface area contributed by atoms with Gasteiger partial charge in [0.2, 0.25) is 0 Å². The van der Waals surface area contributed by atoms with Crippen molar-refractivity contribution < 1.29 is 15.0 Å². The Morgan fingerprint density at radius 3 is 2.29 bits per heavy atom. The Bertz CT molecular complexity index is 681. The summed E-state index contributed by atoms with van der Waals surface area (Å²) in [5.74, 6) is -0.672. The minimum atomic E-state index is -1.27. The first-order valence-corrected chi connectivity index (χ1v) is 8.68. The van der Waals surface area contributed by atoms with E-state index in [-0.39, 0.29) is 0 Å². The number of alkyl halides is 2. The van der Waals surface area contributed by atoms with Crippen LogP contribution in [0.2, 0.25) is 0 Å². The Morgan fingerprint density at radius 1 is 1.17 bits per heavy atom. The van der Waals surface area contributed by atoms with E-state index in [2.05, 4.69) is 26.2 Å². The average molecular weight is 434 g/mol. The Hall–Kier alpha value is -1.18. The molecule has 128 valence electrons. The minimum absolute atomic E-state index is 0.453. The molecular formula is C16H15BrCl2N2O3. The molecule has 0 aliphatic heterocycles. The summed E-state index contributed by atoms with van der Waals surface area (Å²) in [4.78, 5) is 14.4. The van der Waals surface area contributed by atoms with Crippen LogP contribution in [-0.4, -0.2) is 38.6 Å². The highest BCUT2D eigenvalue weighted by molar-refractivity contribution is 9.10. The highest BCUT2D eigenvalue weighted by Crippen LogP contribution is 2.24. The van der Waals surface area contributed by atoms with Crippen LogP contribution in [0.5, 0.6) is 0 Å². The fourth-order valence-corrected chi connectivity index (χ4v) is 2.48. The summed E-state index contributed by atoms with van der Waals surface area (Å²) < 4.78 is 0.747. The van der Waals surface area contributed by atoms with Crippen molar-refractivity contribution in [2.75, 3.05) is 6.61 Å². The second-order valence-electron chi connectivity index (χ2n) is 5.03. The summed E-state index contributed by atoms with van der Waals surface area (Å²) >= 11 is 14.2. The fraction of sp³-hybridized carbons (Fsp3) is 0.250. The quantitative estimate of drug-likeness (QED) is 0.483. The summed E-state index contributed by atoms with van der Waals surface area (Å²) in [6.45, 7) is -0.453. The highest BCUT2D eigenvalue weighted by Gasteiger charge is 2.24. The lowest BCUT2D eigenvalue weighted by Crippen LogP contribution is -2.44. The molecule has 0 fully saturated rings. The highest BCUT2D eigenvalue weighted by atomic mass is 79.9. The Morgan fingerprint density at radius 2 is 1.79 bits per heavy atom. The number of hydrogen-bond donors (Lipinski definition) is 3. The van der Waals surface area contributed by atoms with Crippen LogP contribution in [0.25, 0.3) is 11.1 Å². The summed E-state index contributed by atoms with van der Waals surface area (Å²) in [6.07, 6.45) is 0.635. The van der Waals surface area contributed by atoms with Crippen LogP contribution in [0.4, 0.5) is 0 Å². The second-order valence-corrected chi connectivity index (χ2v) is 6.94. The van der Waals surface area contributed by atoms with Gasteiger partial charge < -0.3 is 15.5 Å². The summed E-state index contributed by atoms with van der Waals surface area (Å²) in [7, 11) is 0. The van der Waals surface area contributed by atoms with Gasteiger partial charge in [0, 0.05) is 11.8 Å². The number of pyridine rings is 1. The fourth-order valence-electron chi connectivity index (χ4n) is 2.12. The molecular weight excluding hydrogens is 419 g/mol. The molecule has 3 N–H and O–H groups in total. The van der Waals surface area contributed by atoms with Crippen molar-refractivity contribution in [2.24, 2.45) is 0 Å². The molecule has 0 saturated heterocycles. The maximum absolute atomic E-state index is 11.5. The molecule has 0 unspecified atom stereocenters. The van der Waals surface area contributed by atoms with Crippen LogP contribution in [0, 0.1) is 0 Å². The van der Waals surface area contributed by atoms with E-state index in [0.29, 0.717) is 5.56 Å². The molecule has 1 aromatic carbocycles. The van der Waals surface area contributed by atoms with Gasteiger partial charge in [-0.05, 0) is 33.1 Å². The van der Waals surface area contributed by atoms with Gasteiger partial charge in [-0.15, -0.1) is 0 Å². The third kappa shape index (κ3) is 4.91. The van der Waals surface area contributed by atoms with Crippen molar-refractivity contribution in [3.8, 4) is 11.1 Å². The molecule has 0 bridgehead atoms. The summed E-state index contributed by atoms with van der Waals surface area (Å²) in [5.41, 5.74) is 2.40. The number of aliphatic hydroxyl groups is 2. The second kappa shape index (κ2) is 8.78. The van der Waals surface area contributed by atoms with E-state index in [9.17, 15) is 15.0 Å². The summed E-state index contributed by atoms with van der Waals surface area (Å²) in [6, 6.07) is 9.94. The first-order chi connectivity index (χ1) is 11.4. The third-order valence-electron chi connectivity index (χ3n) is 3.42. The first kappa shape index (κ1) is 19.1. The van der Waals surface area contributed by atoms with Gasteiger partial charge in [0.1, 0.15) is 10.7 Å². The molecule has 24 heavy (non-hydrogen) atoms. The van der Waals surface area contributed by atoms with E-state index < -0.39 is 29.5 Å². The van der Waals surface area contributed by atoms with Crippen LogP contribution in [0.3, 0.4) is 0 Å². The molecule has 2 rings (SSSR count). The molecule has 1 amide bonds. The summed E-state index contributed by atoms with van der Waals surface area (Å²) in [5, 5.41) is 22.1. The number of carbonyl (C=O) groups excluding carboxylic acids is 1. The molecule has 1 aromatic heterocycles. The zero-order valence-electron chi connectivity index (χ0n) is 12.4. The van der Waals surface area contributed by atoms with Crippen molar-refractivity contribution in [1.82, 2.24) is 10.3 Å². The lowest BCUT2D eigenvalue weighted by molar-refractivity contribution is -0.121. The van der Waals surface area contributed by atoms with Gasteiger partial charge in [-0.2, -0.15) is 0 Å². The van der Waals surface area contributed by atoms with Gasteiger partial charge in [0.25, 0.3) is 5.91 Å². The molecule has 1 heterocycles. The Labute approximate surface area is 157 Å². The van der Waals surface area contributed by atoms with Crippen molar-refractivity contribution in [3.63, 3.8) is 0 Å². The monoisotopic (exact) mass is 432 g/mol. The SMILES string of the molecule is O=C(N[C@H](CO)[C@H](O)c1ccc(-c2ccc(Br)nc2)cc1)C(Cl)Cl. The van der Waals surface area contributed by atoms with Crippen molar-refractivity contribution in [3.05, 3.63) is 52.8 Å². The average Bonchev–Trinajstić information content (AvgIpc) is 2.59. The topological polar surface area (TPSA) is 82.5 Å². The van der Waals surface area contributed by atoms with Gasteiger partial charge in [0.15, 0.2) is 4.84 Å². The van der Waals surface area contributed by atoms with Crippen LogP contribution < -0.4 is 5.32 Å². The molecule has 0 radical (unpaired) electrons. The van der Waals surface area contributed by atoms with E-state index in [1.54, 1.807) is 18.3 Å². The largest absolute Gasteiger partial charge is 0.394 e. The van der Waals surface area contributed by atoms with Gasteiger partial charge in [-0.3, -0.25) is 4.79 Å². The van der Waals surface area contributed by atoms with Gasteiger partial charge in [-0.1, -0.05) is 53.5 Å². The number of rotatable bonds is 6.